The number of fused-ring (bicyclic) bond motifs is 1. The molecular weight excluding hydrogens is 204 g/mol. The number of hydrogen-bond donors (Lipinski definition) is 1. The van der Waals surface area contributed by atoms with E-state index in [1.807, 2.05) is 0 Å². The van der Waals surface area contributed by atoms with E-state index in [4.69, 9.17) is 4.74 Å². The molecule has 3 heterocycles. The Hall–Kier alpha value is -1.10. The number of hydrogen-bond acceptors (Lipinski definition) is 4. The molecule has 5 nitrogen and oxygen atoms in total. The Morgan fingerprint density at radius 3 is 3.19 bits per heavy atom. The second-order valence-electron chi connectivity index (χ2n) is 4.56. The first-order chi connectivity index (χ1) is 7.88. The first-order valence-electron chi connectivity index (χ1n) is 6.15. The molecule has 2 unspecified atom stereocenters. The number of aromatic nitrogens is 3. The average molecular weight is 222 g/mol. The molecule has 2 aliphatic rings. The Balaban J connectivity index is 1.89. The Morgan fingerprint density at radius 2 is 2.44 bits per heavy atom. The zero-order valence-corrected chi connectivity index (χ0v) is 9.65. The molecular formula is C11H18N4O. The minimum atomic E-state index is 0.478. The molecule has 1 saturated heterocycles. The molecule has 0 aliphatic carbocycles. The van der Waals surface area contributed by atoms with E-state index in [0.717, 1.165) is 50.8 Å². The van der Waals surface area contributed by atoms with Crippen molar-refractivity contribution in [2.75, 3.05) is 25.1 Å². The molecule has 1 fully saturated rings. The molecule has 0 aromatic carbocycles. The molecule has 0 spiro atoms. The number of aryl methyl sites for hydroxylation is 1. The van der Waals surface area contributed by atoms with E-state index in [0.29, 0.717) is 12.0 Å². The van der Waals surface area contributed by atoms with Gasteiger partial charge in [-0.25, -0.2) is 4.68 Å². The van der Waals surface area contributed by atoms with E-state index in [2.05, 4.69) is 27.0 Å². The van der Waals surface area contributed by atoms with Crippen molar-refractivity contribution in [1.82, 2.24) is 14.8 Å². The Kier molecular flexibility index (Phi) is 2.55. The third-order valence-electron chi connectivity index (χ3n) is 3.54. The largest absolute Gasteiger partial charge is 0.381 e. The predicted molar refractivity (Wildman–Crippen MR) is 60.5 cm³/mol. The van der Waals surface area contributed by atoms with E-state index in [1.54, 1.807) is 0 Å². The molecule has 1 aromatic rings. The highest BCUT2D eigenvalue weighted by Gasteiger charge is 2.32. The van der Waals surface area contributed by atoms with Crippen LogP contribution in [0.2, 0.25) is 0 Å². The number of nitrogens with zero attached hydrogens (tertiary/aromatic N) is 3. The number of rotatable bonds is 2. The summed E-state index contributed by atoms with van der Waals surface area (Å²) in [5, 5.41) is 7.90. The summed E-state index contributed by atoms with van der Waals surface area (Å²) in [6.07, 6.45) is 3.19. The predicted octanol–water partition coefficient (Wildman–Crippen LogP) is 1.23. The molecule has 0 saturated carbocycles. The molecule has 2 aliphatic heterocycles. The molecule has 2 atom stereocenters. The van der Waals surface area contributed by atoms with E-state index in [1.165, 1.54) is 0 Å². The second kappa shape index (κ2) is 4.05. The van der Waals surface area contributed by atoms with Crippen molar-refractivity contribution in [3.05, 3.63) is 5.82 Å². The van der Waals surface area contributed by atoms with Crippen molar-refractivity contribution >= 4 is 5.95 Å². The van der Waals surface area contributed by atoms with Gasteiger partial charge in [-0.05, 0) is 12.8 Å². The zero-order chi connectivity index (χ0) is 11.0. The minimum absolute atomic E-state index is 0.478. The summed E-state index contributed by atoms with van der Waals surface area (Å²) >= 11 is 0. The van der Waals surface area contributed by atoms with Crippen molar-refractivity contribution in [3.8, 4) is 0 Å². The number of ether oxygens (including phenoxy) is 1. The van der Waals surface area contributed by atoms with Crippen molar-refractivity contribution in [1.29, 1.82) is 0 Å². The van der Waals surface area contributed by atoms with Gasteiger partial charge in [0.2, 0.25) is 5.95 Å². The highest BCUT2D eigenvalue weighted by atomic mass is 16.5. The van der Waals surface area contributed by atoms with Gasteiger partial charge in [0.05, 0.1) is 12.6 Å². The van der Waals surface area contributed by atoms with E-state index < -0.39 is 0 Å². The highest BCUT2D eigenvalue weighted by molar-refractivity contribution is 5.28. The topological polar surface area (TPSA) is 52.0 Å². The molecule has 3 rings (SSSR count). The maximum atomic E-state index is 5.48. The number of nitrogens with one attached hydrogen (secondary N) is 1. The van der Waals surface area contributed by atoms with Gasteiger partial charge in [-0.2, -0.15) is 10.1 Å². The average Bonchev–Trinajstić information content (AvgIpc) is 2.97. The molecule has 1 aromatic heterocycles. The lowest BCUT2D eigenvalue weighted by Gasteiger charge is -2.28. The zero-order valence-electron chi connectivity index (χ0n) is 9.65. The van der Waals surface area contributed by atoms with E-state index in [-0.39, 0.29) is 0 Å². The molecule has 88 valence electrons. The van der Waals surface area contributed by atoms with Crippen LogP contribution in [0, 0.1) is 5.92 Å². The van der Waals surface area contributed by atoms with Crippen molar-refractivity contribution in [3.63, 3.8) is 0 Å². The molecule has 0 radical (unpaired) electrons. The molecule has 5 heteroatoms. The van der Waals surface area contributed by atoms with E-state index >= 15 is 0 Å². The Labute approximate surface area is 95.2 Å². The second-order valence-corrected chi connectivity index (χ2v) is 4.56. The molecule has 0 amide bonds. The fourth-order valence-corrected chi connectivity index (χ4v) is 2.61. The van der Waals surface area contributed by atoms with Crippen LogP contribution >= 0.6 is 0 Å². The van der Waals surface area contributed by atoms with Gasteiger partial charge in [0.1, 0.15) is 0 Å². The fraction of sp³-hybridized carbons (Fsp3) is 0.818. The Bertz CT molecular complexity index is 370. The van der Waals surface area contributed by atoms with Crippen LogP contribution < -0.4 is 5.32 Å². The van der Waals surface area contributed by atoms with Gasteiger partial charge in [0.25, 0.3) is 0 Å². The highest BCUT2D eigenvalue weighted by Crippen LogP contribution is 2.33. The standard InChI is InChI=1S/C11H18N4O/c1-2-10-13-11-12-5-3-9(15(11)14-10)8-4-6-16-7-8/h8-9H,2-7H2,1H3,(H,12,13,14). The van der Waals surface area contributed by atoms with Crippen molar-refractivity contribution < 1.29 is 4.74 Å². The minimum Gasteiger partial charge on any atom is -0.381 e. The van der Waals surface area contributed by atoms with Gasteiger partial charge >= 0.3 is 0 Å². The number of anilines is 1. The monoisotopic (exact) mass is 222 g/mol. The smallest absolute Gasteiger partial charge is 0.221 e. The van der Waals surface area contributed by atoms with Crippen LogP contribution in [-0.2, 0) is 11.2 Å². The maximum absolute atomic E-state index is 5.48. The lowest BCUT2D eigenvalue weighted by Crippen LogP contribution is -2.29. The lowest BCUT2D eigenvalue weighted by atomic mass is 9.95. The Morgan fingerprint density at radius 1 is 1.50 bits per heavy atom. The van der Waals surface area contributed by atoms with Gasteiger partial charge in [0.15, 0.2) is 5.82 Å². The molecule has 1 N–H and O–H groups in total. The van der Waals surface area contributed by atoms with Crippen LogP contribution in [-0.4, -0.2) is 34.5 Å². The first kappa shape index (κ1) is 10.1. The SMILES string of the molecule is CCc1nc2n(n1)C(C1CCOC1)CCN2. The summed E-state index contributed by atoms with van der Waals surface area (Å²) in [7, 11) is 0. The summed E-state index contributed by atoms with van der Waals surface area (Å²) < 4.78 is 7.56. The quantitative estimate of drug-likeness (QED) is 0.817. The van der Waals surface area contributed by atoms with Gasteiger partial charge in [0, 0.05) is 25.5 Å². The summed E-state index contributed by atoms with van der Waals surface area (Å²) in [4.78, 5) is 4.49. The molecule has 0 bridgehead atoms. The van der Waals surface area contributed by atoms with Crippen LogP contribution in [0.5, 0.6) is 0 Å². The van der Waals surface area contributed by atoms with E-state index in [9.17, 15) is 0 Å². The van der Waals surface area contributed by atoms with Crippen LogP contribution in [0.1, 0.15) is 31.6 Å². The van der Waals surface area contributed by atoms with Crippen LogP contribution in [0.25, 0.3) is 0 Å². The third-order valence-corrected chi connectivity index (χ3v) is 3.54. The fourth-order valence-electron chi connectivity index (χ4n) is 2.61. The lowest BCUT2D eigenvalue weighted by molar-refractivity contribution is 0.167. The van der Waals surface area contributed by atoms with Crippen LogP contribution in [0.3, 0.4) is 0 Å². The summed E-state index contributed by atoms with van der Waals surface area (Å²) in [6, 6.07) is 0.478. The van der Waals surface area contributed by atoms with Gasteiger partial charge in [-0.3, -0.25) is 0 Å². The molecule has 16 heavy (non-hydrogen) atoms. The van der Waals surface area contributed by atoms with Gasteiger partial charge in [-0.1, -0.05) is 6.92 Å². The third kappa shape index (κ3) is 1.59. The maximum Gasteiger partial charge on any atom is 0.221 e. The van der Waals surface area contributed by atoms with Crippen LogP contribution in [0.15, 0.2) is 0 Å². The van der Waals surface area contributed by atoms with Gasteiger partial charge < -0.3 is 10.1 Å². The summed E-state index contributed by atoms with van der Waals surface area (Å²) in [6.45, 7) is 4.88. The van der Waals surface area contributed by atoms with Gasteiger partial charge in [-0.15, -0.1) is 0 Å². The van der Waals surface area contributed by atoms with Crippen molar-refractivity contribution in [2.45, 2.75) is 32.2 Å². The van der Waals surface area contributed by atoms with Crippen molar-refractivity contribution in [2.24, 2.45) is 5.92 Å². The summed E-state index contributed by atoms with van der Waals surface area (Å²) in [5.74, 6) is 2.50. The summed E-state index contributed by atoms with van der Waals surface area (Å²) in [5.41, 5.74) is 0. The van der Waals surface area contributed by atoms with Crippen LogP contribution in [0.4, 0.5) is 5.95 Å². The normalized spacial score (nSPS) is 28.8. The first-order valence-corrected chi connectivity index (χ1v) is 6.15.